The SMILES string of the molecule is O=C(CCC1CCCO1)C1CCCc2sccc21. The molecule has 0 aromatic carbocycles. The molecule has 1 aromatic rings. The zero-order chi connectivity index (χ0) is 12.4. The third-order valence-corrected chi connectivity index (χ3v) is 5.17. The molecule has 1 saturated heterocycles. The van der Waals surface area contributed by atoms with Crippen molar-refractivity contribution in [3.63, 3.8) is 0 Å². The van der Waals surface area contributed by atoms with Gasteiger partial charge in [0.1, 0.15) is 5.78 Å². The lowest BCUT2D eigenvalue weighted by molar-refractivity contribution is -0.121. The molecule has 0 spiro atoms. The Morgan fingerprint density at radius 2 is 2.33 bits per heavy atom. The Labute approximate surface area is 112 Å². The Hall–Kier alpha value is -0.670. The minimum Gasteiger partial charge on any atom is -0.378 e. The van der Waals surface area contributed by atoms with Gasteiger partial charge in [0.05, 0.1) is 6.10 Å². The van der Waals surface area contributed by atoms with Crippen molar-refractivity contribution in [3.8, 4) is 0 Å². The molecule has 3 rings (SSSR count). The van der Waals surface area contributed by atoms with Gasteiger partial charge in [0, 0.05) is 23.8 Å². The molecule has 3 heteroatoms. The normalized spacial score (nSPS) is 27.1. The van der Waals surface area contributed by atoms with E-state index in [-0.39, 0.29) is 5.92 Å². The van der Waals surface area contributed by atoms with Crippen LogP contribution in [0, 0.1) is 0 Å². The second kappa shape index (κ2) is 5.54. The number of carbonyl (C=O) groups excluding carboxylic acids is 1. The molecule has 1 fully saturated rings. The number of ether oxygens (including phenoxy) is 1. The lowest BCUT2D eigenvalue weighted by Gasteiger charge is -2.21. The molecule has 1 aromatic heterocycles. The maximum Gasteiger partial charge on any atom is 0.140 e. The number of hydrogen-bond donors (Lipinski definition) is 0. The minimum atomic E-state index is 0.182. The van der Waals surface area contributed by atoms with Gasteiger partial charge in [-0.1, -0.05) is 0 Å². The van der Waals surface area contributed by atoms with Gasteiger partial charge in [-0.15, -0.1) is 11.3 Å². The molecule has 2 unspecified atom stereocenters. The van der Waals surface area contributed by atoms with Crippen molar-refractivity contribution in [3.05, 3.63) is 21.9 Å². The summed E-state index contributed by atoms with van der Waals surface area (Å²) in [5.74, 6) is 0.617. The summed E-state index contributed by atoms with van der Waals surface area (Å²) >= 11 is 1.81. The Balaban J connectivity index is 1.60. The monoisotopic (exact) mass is 264 g/mol. The van der Waals surface area contributed by atoms with Crippen molar-refractivity contribution in [1.82, 2.24) is 0 Å². The average Bonchev–Trinajstić information content (AvgIpc) is 3.05. The van der Waals surface area contributed by atoms with E-state index >= 15 is 0 Å². The molecule has 1 aliphatic carbocycles. The van der Waals surface area contributed by atoms with Gasteiger partial charge in [-0.2, -0.15) is 0 Å². The first-order chi connectivity index (χ1) is 8.84. The van der Waals surface area contributed by atoms with Crippen LogP contribution in [0.1, 0.15) is 54.9 Å². The summed E-state index contributed by atoms with van der Waals surface area (Å²) in [6, 6.07) is 2.16. The number of fused-ring (bicyclic) bond motifs is 1. The van der Waals surface area contributed by atoms with Crippen LogP contribution in [0.3, 0.4) is 0 Å². The highest BCUT2D eigenvalue weighted by Crippen LogP contribution is 2.36. The van der Waals surface area contributed by atoms with Crippen molar-refractivity contribution in [2.75, 3.05) is 6.61 Å². The molecule has 98 valence electrons. The number of Topliss-reactive ketones (excluding diaryl/α,β-unsaturated/α-hetero) is 1. The van der Waals surface area contributed by atoms with Crippen LogP contribution in [0.25, 0.3) is 0 Å². The molecule has 2 aliphatic rings. The van der Waals surface area contributed by atoms with Crippen LogP contribution in [0.15, 0.2) is 11.4 Å². The number of carbonyl (C=O) groups is 1. The fraction of sp³-hybridized carbons (Fsp3) is 0.667. The maximum absolute atomic E-state index is 12.4. The molecule has 2 nitrogen and oxygen atoms in total. The summed E-state index contributed by atoms with van der Waals surface area (Å²) in [5.41, 5.74) is 1.32. The number of thiophene rings is 1. The van der Waals surface area contributed by atoms with Gasteiger partial charge in [0.15, 0.2) is 0 Å². The number of ketones is 1. The average molecular weight is 264 g/mol. The zero-order valence-corrected chi connectivity index (χ0v) is 11.5. The first kappa shape index (κ1) is 12.4. The molecular formula is C15H20O2S. The molecule has 0 radical (unpaired) electrons. The van der Waals surface area contributed by atoms with Gasteiger partial charge in [-0.05, 0) is 55.5 Å². The van der Waals surface area contributed by atoms with E-state index in [4.69, 9.17) is 4.74 Å². The second-order valence-corrected chi connectivity index (χ2v) is 6.38. The summed E-state index contributed by atoms with van der Waals surface area (Å²) in [6.45, 7) is 0.886. The number of rotatable bonds is 4. The predicted molar refractivity (Wildman–Crippen MR) is 73.2 cm³/mol. The molecule has 18 heavy (non-hydrogen) atoms. The molecule has 1 aliphatic heterocycles. The molecular weight excluding hydrogens is 244 g/mol. The van der Waals surface area contributed by atoms with E-state index in [1.807, 2.05) is 11.3 Å². The Morgan fingerprint density at radius 1 is 1.39 bits per heavy atom. The Bertz CT molecular complexity index is 418. The van der Waals surface area contributed by atoms with Crippen LogP contribution in [0.4, 0.5) is 0 Å². The first-order valence-electron chi connectivity index (χ1n) is 7.05. The molecule has 2 atom stereocenters. The molecule has 0 saturated carbocycles. The van der Waals surface area contributed by atoms with Gasteiger partial charge in [0.2, 0.25) is 0 Å². The summed E-state index contributed by atoms with van der Waals surface area (Å²) in [7, 11) is 0. The van der Waals surface area contributed by atoms with Gasteiger partial charge < -0.3 is 4.74 Å². The van der Waals surface area contributed by atoms with Gasteiger partial charge in [0.25, 0.3) is 0 Å². The van der Waals surface area contributed by atoms with E-state index in [1.165, 1.54) is 23.3 Å². The highest BCUT2D eigenvalue weighted by atomic mass is 32.1. The van der Waals surface area contributed by atoms with E-state index in [0.717, 1.165) is 32.3 Å². The van der Waals surface area contributed by atoms with E-state index < -0.39 is 0 Å². The van der Waals surface area contributed by atoms with Crippen LogP contribution in [0.5, 0.6) is 0 Å². The van der Waals surface area contributed by atoms with Crippen LogP contribution in [0.2, 0.25) is 0 Å². The highest BCUT2D eigenvalue weighted by Gasteiger charge is 2.27. The number of hydrogen-bond acceptors (Lipinski definition) is 3. The fourth-order valence-electron chi connectivity index (χ4n) is 3.17. The summed E-state index contributed by atoms with van der Waals surface area (Å²) in [6.07, 6.45) is 7.66. The van der Waals surface area contributed by atoms with E-state index in [0.29, 0.717) is 18.3 Å². The minimum absolute atomic E-state index is 0.182. The second-order valence-electron chi connectivity index (χ2n) is 5.38. The van der Waals surface area contributed by atoms with Gasteiger partial charge >= 0.3 is 0 Å². The van der Waals surface area contributed by atoms with Crippen molar-refractivity contribution < 1.29 is 9.53 Å². The van der Waals surface area contributed by atoms with E-state index in [1.54, 1.807) is 0 Å². The molecule has 2 heterocycles. The molecule has 0 N–H and O–H groups in total. The summed E-state index contributed by atoms with van der Waals surface area (Å²) in [4.78, 5) is 13.8. The maximum atomic E-state index is 12.4. The van der Waals surface area contributed by atoms with Crippen molar-refractivity contribution in [1.29, 1.82) is 0 Å². The fourth-order valence-corrected chi connectivity index (χ4v) is 4.16. The quantitative estimate of drug-likeness (QED) is 0.829. The van der Waals surface area contributed by atoms with Crippen molar-refractivity contribution in [2.24, 2.45) is 0 Å². The summed E-state index contributed by atoms with van der Waals surface area (Å²) < 4.78 is 5.59. The van der Waals surface area contributed by atoms with E-state index in [2.05, 4.69) is 11.4 Å². The lowest BCUT2D eigenvalue weighted by atomic mass is 9.83. The smallest absolute Gasteiger partial charge is 0.140 e. The van der Waals surface area contributed by atoms with Crippen LogP contribution in [-0.4, -0.2) is 18.5 Å². The van der Waals surface area contributed by atoms with Crippen molar-refractivity contribution >= 4 is 17.1 Å². The Morgan fingerprint density at radius 3 is 3.17 bits per heavy atom. The van der Waals surface area contributed by atoms with E-state index in [9.17, 15) is 4.79 Å². The third-order valence-electron chi connectivity index (χ3n) is 4.18. The van der Waals surface area contributed by atoms with Crippen LogP contribution in [-0.2, 0) is 16.0 Å². The standard InChI is InChI=1S/C15H20O2S/c16-14(7-6-11-3-2-9-17-11)12-4-1-5-15-13(12)8-10-18-15/h8,10-12H,1-7,9H2. The van der Waals surface area contributed by atoms with Crippen LogP contribution < -0.4 is 0 Å². The van der Waals surface area contributed by atoms with Crippen molar-refractivity contribution in [2.45, 2.75) is 57.0 Å². The highest BCUT2D eigenvalue weighted by molar-refractivity contribution is 7.10. The number of aryl methyl sites for hydroxylation is 1. The topological polar surface area (TPSA) is 26.3 Å². The molecule has 0 amide bonds. The first-order valence-corrected chi connectivity index (χ1v) is 7.93. The zero-order valence-electron chi connectivity index (χ0n) is 10.7. The molecule has 0 bridgehead atoms. The largest absolute Gasteiger partial charge is 0.378 e. The van der Waals surface area contributed by atoms with Gasteiger partial charge in [-0.3, -0.25) is 4.79 Å². The summed E-state index contributed by atoms with van der Waals surface area (Å²) in [5, 5.41) is 2.14. The lowest BCUT2D eigenvalue weighted by Crippen LogP contribution is -2.18. The Kier molecular flexibility index (Phi) is 3.80. The van der Waals surface area contributed by atoms with Crippen LogP contribution >= 0.6 is 11.3 Å². The van der Waals surface area contributed by atoms with Gasteiger partial charge in [-0.25, -0.2) is 0 Å². The predicted octanol–water partition coefficient (Wildman–Crippen LogP) is 3.70. The third kappa shape index (κ3) is 2.52.